The molecule has 0 fully saturated rings. The van der Waals surface area contributed by atoms with Crippen LogP contribution < -0.4 is 5.32 Å². The predicted octanol–water partition coefficient (Wildman–Crippen LogP) is 1.83. The van der Waals surface area contributed by atoms with Crippen molar-refractivity contribution in [3.05, 3.63) is 29.0 Å². The van der Waals surface area contributed by atoms with E-state index in [9.17, 15) is 4.79 Å². The van der Waals surface area contributed by atoms with E-state index in [0.717, 1.165) is 5.75 Å². The molecular formula is C9H11ClN2OS. The Balaban J connectivity index is 2.56. The van der Waals surface area contributed by atoms with Crippen LogP contribution in [0.4, 0.5) is 0 Å². The molecule has 0 aliphatic heterocycles. The Kier molecular flexibility index (Phi) is 4.76. The van der Waals surface area contributed by atoms with E-state index in [1.54, 1.807) is 30.1 Å². The molecule has 1 aromatic heterocycles. The first kappa shape index (κ1) is 11.3. The van der Waals surface area contributed by atoms with Gasteiger partial charge in [-0.05, 0) is 18.4 Å². The third kappa shape index (κ3) is 3.20. The summed E-state index contributed by atoms with van der Waals surface area (Å²) >= 11 is 7.43. The zero-order chi connectivity index (χ0) is 10.4. The van der Waals surface area contributed by atoms with Crippen molar-refractivity contribution in [1.82, 2.24) is 10.3 Å². The Morgan fingerprint density at radius 1 is 1.71 bits per heavy atom. The lowest BCUT2D eigenvalue weighted by molar-refractivity contribution is 0.0956. The lowest BCUT2D eigenvalue weighted by Gasteiger charge is -2.04. The predicted molar refractivity (Wildman–Crippen MR) is 60.0 cm³/mol. The molecule has 0 bridgehead atoms. The summed E-state index contributed by atoms with van der Waals surface area (Å²) in [6.45, 7) is 0.644. The molecule has 1 heterocycles. The van der Waals surface area contributed by atoms with Gasteiger partial charge >= 0.3 is 0 Å². The number of carbonyl (C=O) groups excluding carboxylic acids is 1. The standard InChI is InChI=1S/C9H11ClN2OS/c1-14-6-5-12-9(13)7-3-2-4-11-8(7)10/h2-4H,5-6H2,1H3,(H,12,13). The number of halogens is 1. The molecule has 76 valence electrons. The molecule has 0 aliphatic carbocycles. The number of nitrogens with one attached hydrogen (secondary N) is 1. The number of rotatable bonds is 4. The zero-order valence-electron chi connectivity index (χ0n) is 7.79. The minimum Gasteiger partial charge on any atom is -0.351 e. The summed E-state index contributed by atoms with van der Waals surface area (Å²) in [5.41, 5.74) is 0.426. The molecule has 1 N–H and O–H groups in total. The van der Waals surface area contributed by atoms with Crippen molar-refractivity contribution < 1.29 is 4.79 Å². The smallest absolute Gasteiger partial charge is 0.254 e. The van der Waals surface area contributed by atoms with Gasteiger partial charge in [0.25, 0.3) is 5.91 Å². The lowest BCUT2D eigenvalue weighted by atomic mass is 10.3. The van der Waals surface area contributed by atoms with Gasteiger partial charge in [0, 0.05) is 18.5 Å². The van der Waals surface area contributed by atoms with E-state index in [1.165, 1.54) is 0 Å². The van der Waals surface area contributed by atoms with Gasteiger partial charge in [0.1, 0.15) is 5.15 Å². The number of hydrogen-bond acceptors (Lipinski definition) is 3. The molecule has 5 heteroatoms. The van der Waals surface area contributed by atoms with Crippen LogP contribution in [0, 0.1) is 0 Å². The van der Waals surface area contributed by atoms with Gasteiger partial charge in [0.2, 0.25) is 0 Å². The highest BCUT2D eigenvalue weighted by Gasteiger charge is 2.08. The van der Waals surface area contributed by atoms with Crippen LogP contribution in [0.1, 0.15) is 10.4 Å². The molecule has 0 radical (unpaired) electrons. The summed E-state index contributed by atoms with van der Waals surface area (Å²) in [6, 6.07) is 3.35. The van der Waals surface area contributed by atoms with Gasteiger partial charge in [0.15, 0.2) is 0 Å². The van der Waals surface area contributed by atoms with Gasteiger partial charge in [-0.1, -0.05) is 11.6 Å². The van der Waals surface area contributed by atoms with E-state index in [4.69, 9.17) is 11.6 Å². The first-order valence-corrected chi connectivity index (χ1v) is 5.90. The average molecular weight is 231 g/mol. The van der Waals surface area contributed by atoms with Crippen molar-refractivity contribution in [1.29, 1.82) is 0 Å². The summed E-state index contributed by atoms with van der Waals surface area (Å²) in [5.74, 6) is 0.723. The molecule has 0 aromatic carbocycles. The highest BCUT2D eigenvalue weighted by Crippen LogP contribution is 2.10. The van der Waals surface area contributed by atoms with Crippen LogP contribution in [0.3, 0.4) is 0 Å². The maximum Gasteiger partial charge on any atom is 0.254 e. The molecule has 3 nitrogen and oxygen atoms in total. The van der Waals surface area contributed by atoms with Crippen LogP contribution in [0.15, 0.2) is 18.3 Å². The monoisotopic (exact) mass is 230 g/mol. The molecule has 0 spiro atoms. The van der Waals surface area contributed by atoms with Crippen molar-refractivity contribution in [2.75, 3.05) is 18.6 Å². The first-order valence-electron chi connectivity index (χ1n) is 4.13. The summed E-state index contributed by atoms with van der Waals surface area (Å²) in [7, 11) is 0. The molecule has 14 heavy (non-hydrogen) atoms. The molecule has 0 unspecified atom stereocenters. The van der Waals surface area contributed by atoms with Gasteiger partial charge in [-0.3, -0.25) is 4.79 Å². The molecule has 1 rings (SSSR count). The van der Waals surface area contributed by atoms with E-state index in [0.29, 0.717) is 12.1 Å². The molecule has 0 saturated heterocycles. The van der Waals surface area contributed by atoms with Gasteiger partial charge < -0.3 is 5.32 Å². The second kappa shape index (κ2) is 5.88. The van der Waals surface area contributed by atoms with Crippen LogP contribution >= 0.6 is 23.4 Å². The van der Waals surface area contributed by atoms with Crippen LogP contribution in [-0.2, 0) is 0 Å². The van der Waals surface area contributed by atoms with E-state index in [-0.39, 0.29) is 11.1 Å². The average Bonchev–Trinajstić information content (AvgIpc) is 2.18. The fourth-order valence-electron chi connectivity index (χ4n) is 0.917. The Morgan fingerprint density at radius 3 is 3.14 bits per heavy atom. The van der Waals surface area contributed by atoms with Gasteiger partial charge in [-0.15, -0.1) is 0 Å². The zero-order valence-corrected chi connectivity index (χ0v) is 9.36. The summed E-state index contributed by atoms with van der Waals surface area (Å²) in [5, 5.41) is 3.00. The Hall–Kier alpha value is -0.740. The second-order valence-electron chi connectivity index (χ2n) is 2.59. The molecule has 0 saturated carbocycles. The largest absolute Gasteiger partial charge is 0.351 e. The minimum atomic E-state index is -0.169. The number of amides is 1. The van der Waals surface area contributed by atoms with Gasteiger partial charge in [-0.25, -0.2) is 4.98 Å². The summed E-state index contributed by atoms with van der Waals surface area (Å²) in [4.78, 5) is 15.3. The number of aromatic nitrogens is 1. The lowest BCUT2D eigenvalue weighted by Crippen LogP contribution is -2.26. The minimum absolute atomic E-state index is 0.169. The fraction of sp³-hybridized carbons (Fsp3) is 0.333. The van der Waals surface area contributed by atoms with Crippen molar-refractivity contribution in [2.24, 2.45) is 0 Å². The molecular weight excluding hydrogens is 220 g/mol. The SMILES string of the molecule is CSCCNC(=O)c1cccnc1Cl. The van der Waals surface area contributed by atoms with E-state index >= 15 is 0 Å². The number of carbonyl (C=O) groups is 1. The third-order valence-corrected chi connectivity index (χ3v) is 2.51. The Morgan fingerprint density at radius 2 is 2.50 bits per heavy atom. The Labute approximate surface area is 92.2 Å². The number of hydrogen-bond donors (Lipinski definition) is 1. The highest BCUT2D eigenvalue weighted by atomic mass is 35.5. The highest BCUT2D eigenvalue weighted by molar-refractivity contribution is 7.98. The number of pyridine rings is 1. The second-order valence-corrected chi connectivity index (χ2v) is 3.93. The summed E-state index contributed by atoms with van der Waals surface area (Å²) in [6.07, 6.45) is 3.55. The van der Waals surface area contributed by atoms with Crippen molar-refractivity contribution in [3.8, 4) is 0 Å². The third-order valence-electron chi connectivity index (χ3n) is 1.60. The van der Waals surface area contributed by atoms with Gasteiger partial charge in [-0.2, -0.15) is 11.8 Å². The first-order chi connectivity index (χ1) is 6.75. The number of nitrogens with zero attached hydrogens (tertiary/aromatic N) is 1. The van der Waals surface area contributed by atoms with E-state index in [2.05, 4.69) is 10.3 Å². The molecule has 0 aliphatic rings. The van der Waals surface area contributed by atoms with Crippen LogP contribution in [0.5, 0.6) is 0 Å². The van der Waals surface area contributed by atoms with Gasteiger partial charge in [0.05, 0.1) is 5.56 Å². The molecule has 0 atom stereocenters. The van der Waals surface area contributed by atoms with Crippen molar-refractivity contribution >= 4 is 29.3 Å². The summed E-state index contributed by atoms with van der Waals surface area (Å²) < 4.78 is 0. The topological polar surface area (TPSA) is 42.0 Å². The maximum atomic E-state index is 11.5. The van der Waals surface area contributed by atoms with E-state index < -0.39 is 0 Å². The quantitative estimate of drug-likeness (QED) is 0.634. The van der Waals surface area contributed by atoms with Crippen LogP contribution in [0.2, 0.25) is 5.15 Å². The number of thioether (sulfide) groups is 1. The van der Waals surface area contributed by atoms with Crippen LogP contribution in [-0.4, -0.2) is 29.4 Å². The fourth-order valence-corrected chi connectivity index (χ4v) is 1.43. The van der Waals surface area contributed by atoms with E-state index in [1.807, 2.05) is 6.26 Å². The normalized spacial score (nSPS) is 9.86. The van der Waals surface area contributed by atoms with Crippen molar-refractivity contribution in [2.45, 2.75) is 0 Å². The van der Waals surface area contributed by atoms with Crippen LogP contribution in [0.25, 0.3) is 0 Å². The molecule has 1 amide bonds. The maximum absolute atomic E-state index is 11.5. The molecule has 1 aromatic rings. The van der Waals surface area contributed by atoms with Crippen molar-refractivity contribution in [3.63, 3.8) is 0 Å². The Bertz CT molecular complexity index is 319.